The Kier molecular flexibility index (Phi) is 4.70. The summed E-state index contributed by atoms with van der Waals surface area (Å²) in [6, 6.07) is 8.01. The van der Waals surface area contributed by atoms with Gasteiger partial charge in [-0.1, -0.05) is 44.0 Å². The molecule has 1 heterocycles. The van der Waals surface area contributed by atoms with Crippen LogP contribution in [0.4, 0.5) is 0 Å². The monoisotopic (exact) mass is 247 g/mol. The predicted molar refractivity (Wildman–Crippen MR) is 72.3 cm³/mol. The van der Waals surface area contributed by atoms with E-state index in [1.54, 1.807) is 0 Å². The quantitative estimate of drug-likeness (QED) is 0.702. The van der Waals surface area contributed by atoms with Crippen LogP contribution < -0.4 is 0 Å². The molecule has 0 fully saturated rings. The Balaban J connectivity index is 2.18. The van der Waals surface area contributed by atoms with E-state index in [1.165, 1.54) is 0 Å². The van der Waals surface area contributed by atoms with Crippen LogP contribution in [0.1, 0.15) is 45.8 Å². The van der Waals surface area contributed by atoms with E-state index < -0.39 is 0 Å². The van der Waals surface area contributed by atoms with Gasteiger partial charge in [0.25, 0.3) is 0 Å². The van der Waals surface area contributed by atoms with Crippen molar-refractivity contribution in [2.24, 2.45) is 0 Å². The van der Waals surface area contributed by atoms with Crippen molar-refractivity contribution >= 4 is 11.0 Å². The van der Waals surface area contributed by atoms with Crippen molar-refractivity contribution < 1.29 is 4.74 Å². The number of rotatable bonds is 7. The number of ether oxygens (including phenoxy) is 1. The summed E-state index contributed by atoms with van der Waals surface area (Å²) in [5.41, 5.74) is 1.98. The van der Waals surface area contributed by atoms with Gasteiger partial charge in [-0.25, -0.2) is 4.68 Å². The molecular weight excluding hydrogens is 226 g/mol. The first-order valence-electron chi connectivity index (χ1n) is 6.78. The summed E-state index contributed by atoms with van der Waals surface area (Å²) in [4.78, 5) is 0. The number of hydrogen-bond donors (Lipinski definition) is 0. The lowest BCUT2D eigenvalue weighted by atomic mass is 10.2. The molecule has 0 spiro atoms. The van der Waals surface area contributed by atoms with E-state index in [9.17, 15) is 0 Å². The van der Waals surface area contributed by atoms with Crippen molar-refractivity contribution in [3.05, 3.63) is 24.3 Å². The molecule has 4 nitrogen and oxygen atoms in total. The Morgan fingerprint density at radius 1 is 1.22 bits per heavy atom. The molecule has 0 radical (unpaired) electrons. The Morgan fingerprint density at radius 3 is 2.83 bits per heavy atom. The summed E-state index contributed by atoms with van der Waals surface area (Å²) in [7, 11) is 0. The third-order valence-electron chi connectivity index (χ3n) is 2.99. The largest absolute Gasteiger partial charge is 0.356 e. The van der Waals surface area contributed by atoms with E-state index >= 15 is 0 Å². The number of benzene rings is 1. The second-order valence-electron chi connectivity index (χ2n) is 4.49. The molecule has 0 aliphatic rings. The predicted octanol–water partition coefficient (Wildman–Crippen LogP) is 3.55. The molecular formula is C14H21N3O. The molecule has 0 bridgehead atoms. The van der Waals surface area contributed by atoms with Crippen LogP contribution in [-0.2, 0) is 4.74 Å². The first kappa shape index (κ1) is 13.0. The highest BCUT2D eigenvalue weighted by Crippen LogP contribution is 2.20. The molecule has 0 N–H and O–H groups in total. The van der Waals surface area contributed by atoms with Crippen LogP contribution in [0.25, 0.3) is 11.0 Å². The zero-order valence-electron chi connectivity index (χ0n) is 11.2. The lowest BCUT2D eigenvalue weighted by Gasteiger charge is -2.17. The molecule has 0 saturated heterocycles. The Labute approximate surface area is 108 Å². The molecule has 1 aromatic heterocycles. The maximum atomic E-state index is 5.94. The Hall–Kier alpha value is -1.42. The first-order valence-corrected chi connectivity index (χ1v) is 6.78. The fourth-order valence-corrected chi connectivity index (χ4v) is 1.99. The molecule has 1 unspecified atom stereocenters. The van der Waals surface area contributed by atoms with Crippen LogP contribution in [0, 0.1) is 0 Å². The molecule has 1 aromatic carbocycles. The minimum Gasteiger partial charge on any atom is -0.356 e. The van der Waals surface area contributed by atoms with E-state index in [2.05, 4.69) is 24.2 Å². The van der Waals surface area contributed by atoms with Gasteiger partial charge in [-0.05, 0) is 25.0 Å². The van der Waals surface area contributed by atoms with Crippen LogP contribution in [0.5, 0.6) is 0 Å². The van der Waals surface area contributed by atoms with E-state index in [0.717, 1.165) is 43.3 Å². The van der Waals surface area contributed by atoms with E-state index in [-0.39, 0.29) is 6.23 Å². The highest BCUT2D eigenvalue weighted by molar-refractivity contribution is 5.73. The smallest absolute Gasteiger partial charge is 0.152 e. The molecule has 0 saturated carbocycles. The summed E-state index contributed by atoms with van der Waals surface area (Å²) >= 11 is 0. The van der Waals surface area contributed by atoms with Crippen molar-refractivity contribution in [1.82, 2.24) is 15.0 Å². The molecule has 2 rings (SSSR count). The average molecular weight is 247 g/mol. The van der Waals surface area contributed by atoms with Gasteiger partial charge in [0.2, 0.25) is 0 Å². The van der Waals surface area contributed by atoms with Gasteiger partial charge >= 0.3 is 0 Å². The van der Waals surface area contributed by atoms with Gasteiger partial charge < -0.3 is 4.74 Å². The third-order valence-corrected chi connectivity index (χ3v) is 2.99. The van der Waals surface area contributed by atoms with Gasteiger partial charge in [-0.3, -0.25) is 0 Å². The van der Waals surface area contributed by atoms with Crippen molar-refractivity contribution in [2.75, 3.05) is 6.61 Å². The highest BCUT2D eigenvalue weighted by Gasteiger charge is 2.14. The van der Waals surface area contributed by atoms with Gasteiger partial charge in [-0.2, -0.15) is 0 Å². The fourth-order valence-electron chi connectivity index (χ4n) is 1.99. The van der Waals surface area contributed by atoms with E-state index in [0.29, 0.717) is 0 Å². The number of fused-ring (bicyclic) bond motifs is 1. The van der Waals surface area contributed by atoms with Crippen LogP contribution in [0.2, 0.25) is 0 Å². The molecule has 4 heteroatoms. The van der Waals surface area contributed by atoms with Gasteiger partial charge in [-0.15, -0.1) is 5.10 Å². The number of unbranched alkanes of at least 4 members (excludes halogenated alkanes) is 1. The van der Waals surface area contributed by atoms with Crippen LogP contribution in [0.15, 0.2) is 24.3 Å². The maximum absolute atomic E-state index is 5.94. The number of aromatic nitrogens is 3. The summed E-state index contributed by atoms with van der Waals surface area (Å²) in [5.74, 6) is 0. The number of nitrogens with zero attached hydrogens (tertiary/aromatic N) is 3. The summed E-state index contributed by atoms with van der Waals surface area (Å²) in [5, 5.41) is 8.42. The van der Waals surface area contributed by atoms with Crippen molar-refractivity contribution in [1.29, 1.82) is 0 Å². The SMILES string of the molecule is CCCCOC(CCC)n1nnc2ccccc21. The molecule has 2 aromatic rings. The first-order chi connectivity index (χ1) is 8.86. The molecule has 98 valence electrons. The number of hydrogen-bond acceptors (Lipinski definition) is 3. The summed E-state index contributed by atoms with van der Waals surface area (Å²) in [6.45, 7) is 5.12. The Morgan fingerprint density at radius 2 is 2.06 bits per heavy atom. The van der Waals surface area contributed by atoms with Gasteiger partial charge in [0, 0.05) is 6.61 Å². The second-order valence-corrected chi connectivity index (χ2v) is 4.49. The van der Waals surface area contributed by atoms with Crippen molar-refractivity contribution in [3.8, 4) is 0 Å². The fraction of sp³-hybridized carbons (Fsp3) is 0.571. The lowest BCUT2D eigenvalue weighted by Crippen LogP contribution is -2.15. The van der Waals surface area contributed by atoms with Gasteiger partial charge in [0.15, 0.2) is 6.23 Å². The van der Waals surface area contributed by atoms with Crippen LogP contribution in [-0.4, -0.2) is 21.6 Å². The minimum absolute atomic E-state index is 0.00829. The van der Waals surface area contributed by atoms with Gasteiger partial charge in [0.1, 0.15) is 5.52 Å². The van der Waals surface area contributed by atoms with Gasteiger partial charge in [0.05, 0.1) is 5.52 Å². The lowest BCUT2D eigenvalue weighted by molar-refractivity contribution is -0.0117. The number of para-hydroxylation sites is 1. The Bertz CT molecular complexity index is 481. The van der Waals surface area contributed by atoms with Crippen LogP contribution >= 0.6 is 0 Å². The summed E-state index contributed by atoms with van der Waals surface area (Å²) < 4.78 is 7.85. The molecule has 0 amide bonds. The highest BCUT2D eigenvalue weighted by atomic mass is 16.5. The second kappa shape index (κ2) is 6.50. The molecule has 1 atom stereocenters. The van der Waals surface area contributed by atoms with Crippen LogP contribution in [0.3, 0.4) is 0 Å². The van der Waals surface area contributed by atoms with Crippen molar-refractivity contribution in [3.63, 3.8) is 0 Å². The minimum atomic E-state index is 0.00829. The molecule has 18 heavy (non-hydrogen) atoms. The van der Waals surface area contributed by atoms with Crippen molar-refractivity contribution in [2.45, 2.75) is 45.8 Å². The molecule has 0 aliphatic heterocycles. The maximum Gasteiger partial charge on any atom is 0.152 e. The third kappa shape index (κ3) is 2.88. The zero-order chi connectivity index (χ0) is 12.8. The normalized spacial score (nSPS) is 13.0. The standard InChI is InChI=1S/C14H21N3O/c1-3-5-11-18-14(8-4-2)17-13-10-7-6-9-12(13)15-16-17/h6-7,9-10,14H,3-5,8,11H2,1-2H3. The van der Waals surface area contributed by atoms with E-state index in [1.807, 2.05) is 28.9 Å². The average Bonchev–Trinajstić information content (AvgIpc) is 2.82. The van der Waals surface area contributed by atoms with E-state index in [4.69, 9.17) is 4.74 Å². The zero-order valence-corrected chi connectivity index (χ0v) is 11.2. The topological polar surface area (TPSA) is 39.9 Å². The molecule has 0 aliphatic carbocycles. The summed E-state index contributed by atoms with van der Waals surface area (Å²) in [6.07, 6.45) is 4.29.